The molecule has 0 aliphatic carbocycles. The summed E-state index contributed by atoms with van der Waals surface area (Å²) in [6.45, 7) is 0. The number of piperidine rings is 1. The normalized spacial score (nSPS) is 33.1. The summed E-state index contributed by atoms with van der Waals surface area (Å²) >= 11 is 0. The largest absolute Gasteiger partial charge is 0.469 e. The molecule has 108 valence electrons. The van der Waals surface area contributed by atoms with Crippen LogP contribution in [-0.4, -0.2) is 37.1 Å². The highest BCUT2D eigenvalue weighted by molar-refractivity contribution is 5.75. The Morgan fingerprint density at radius 2 is 2.20 bits per heavy atom. The van der Waals surface area contributed by atoms with Crippen molar-refractivity contribution in [1.29, 1.82) is 0 Å². The molecule has 2 bridgehead atoms. The van der Waals surface area contributed by atoms with E-state index in [0.29, 0.717) is 12.1 Å². The molecule has 1 unspecified atom stereocenters. The summed E-state index contributed by atoms with van der Waals surface area (Å²) in [6.07, 6.45) is 3.27. The third-order valence-corrected chi connectivity index (χ3v) is 5.08. The summed E-state index contributed by atoms with van der Waals surface area (Å²) in [5.41, 5.74) is 7.84. The van der Waals surface area contributed by atoms with Gasteiger partial charge in [-0.1, -0.05) is 12.1 Å². The summed E-state index contributed by atoms with van der Waals surface area (Å²) in [7, 11) is 3.62. The minimum atomic E-state index is -0.0883. The van der Waals surface area contributed by atoms with E-state index in [2.05, 4.69) is 18.0 Å². The fraction of sp³-hybridized carbons (Fsp3) is 0.562. The Morgan fingerprint density at radius 3 is 2.90 bits per heavy atom. The Labute approximate surface area is 119 Å². The Morgan fingerprint density at radius 1 is 1.40 bits per heavy atom. The maximum Gasteiger partial charge on any atom is 0.310 e. The lowest BCUT2D eigenvalue weighted by atomic mass is 9.76. The summed E-state index contributed by atoms with van der Waals surface area (Å²) < 4.78 is 5.07. The highest BCUT2D eigenvalue weighted by atomic mass is 16.5. The van der Waals surface area contributed by atoms with Crippen molar-refractivity contribution in [2.75, 3.05) is 19.9 Å². The van der Waals surface area contributed by atoms with Crippen LogP contribution in [0.4, 0.5) is 5.69 Å². The standard InChI is InChI=1S/C16H22N2O2/c1-18-12-6-7-14(18)15(16(19)20-2)13(9-12)10-4-3-5-11(17)8-10/h3-5,8,12-15H,6-7,9,17H2,1-2H3/t12-,13-,14?,15+/m1/s1. The monoisotopic (exact) mass is 274 g/mol. The zero-order valence-electron chi connectivity index (χ0n) is 12.1. The van der Waals surface area contributed by atoms with E-state index in [1.165, 1.54) is 19.1 Å². The van der Waals surface area contributed by atoms with Gasteiger partial charge in [0.1, 0.15) is 0 Å². The van der Waals surface area contributed by atoms with E-state index in [9.17, 15) is 4.79 Å². The van der Waals surface area contributed by atoms with Gasteiger partial charge in [0.15, 0.2) is 0 Å². The summed E-state index contributed by atoms with van der Waals surface area (Å²) in [5, 5.41) is 0. The lowest BCUT2D eigenvalue weighted by Crippen LogP contribution is -2.49. The van der Waals surface area contributed by atoms with E-state index < -0.39 is 0 Å². The van der Waals surface area contributed by atoms with Crippen LogP contribution in [0.1, 0.15) is 30.7 Å². The topological polar surface area (TPSA) is 55.6 Å². The van der Waals surface area contributed by atoms with Crippen molar-refractivity contribution >= 4 is 11.7 Å². The number of rotatable bonds is 2. The maximum absolute atomic E-state index is 12.3. The lowest BCUT2D eigenvalue weighted by molar-refractivity contribution is -0.150. The van der Waals surface area contributed by atoms with Crippen LogP contribution in [0.3, 0.4) is 0 Å². The number of nitrogens with zero attached hydrogens (tertiary/aromatic N) is 1. The van der Waals surface area contributed by atoms with Gasteiger partial charge in [0.2, 0.25) is 0 Å². The van der Waals surface area contributed by atoms with Gasteiger partial charge < -0.3 is 10.5 Å². The van der Waals surface area contributed by atoms with Gasteiger partial charge in [-0.3, -0.25) is 9.69 Å². The average molecular weight is 274 g/mol. The van der Waals surface area contributed by atoms with Crippen molar-refractivity contribution in [2.45, 2.75) is 37.3 Å². The molecule has 2 aliphatic rings. The number of esters is 1. The molecule has 2 N–H and O–H groups in total. The van der Waals surface area contributed by atoms with Gasteiger partial charge in [-0.25, -0.2) is 0 Å². The van der Waals surface area contributed by atoms with Crippen LogP contribution in [0.2, 0.25) is 0 Å². The van der Waals surface area contributed by atoms with E-state index in [1.807, 2.05) is 18.2 Å². The molecule has 20 heavy (non-hydrogen) atoms. The second-order valence-electron chi connectivity index (χ2n) is 6.03. The molecule has 4 nitrogen and oxygen atoms in total. The molecule has 0 radical (unpaired) electrons. The number of nitrogen functional groups attached to an aromatic ring is 1. The molecule has 2 saturated heterocycles. The third-order valence-electron chi connectivity index (χ3n) is 5.08. The molecule has 2 fully saturated rings. The van der Waals surface area contributed by atoms with Gasteiger partial charge >= 0.3 is 5.97 Å². The Hall–Kier alpha value is -1.55. The second-order valence-corrected chi connectivity index (χ2v) is 6.03. The number of nitrogens with two attached hydrogens (primary N) is 1. The van der Waals surface area contributed by atoms with Gasteiger partial charge in [-0.2, -0.15) is 0 Å². The molecule has 0 saturated carbocycles. The smallest absolute Gasteiger partial charge is 0.310 e. The number of carbonyl (C=O) groups is 1. The quantitative estimate of drug-likeness (QED) is 0.662. The molecular formula is C16H22N2O2. The van der Waals surface area contributed by atoms with Gasteiger partial charge in [-0.15, -0.1) is 0 Å². The van der Waals surface area contributed by atoms with Crippen LogP contribution in [0.15, 0.2) is 24.3 Å². The number of hydrogen-bond acceptors (Lipinski definition) is 4. The van der Waals surface area contributed by atoms with E-state index in [1.54, 1.807) is 0 Å². The van der Waals surface area contributed by atoms with E-state index >= 15 is 0 Å². The maximum atomic E-state index is 12.3. The summed E-state index contributed by atoms with van der Waals surface area (Å²) in [6, 6.07) is 8.83. The summed E-state index contributed by atoms with van der Waals surface area (Å²) in [4.78, 5) is 14.7. The van der Waals surface area contributed by atoms with Crippen molar-refractivity contribution < 1.29 is 9.53 Å². The Kier molecular flexibility index (Phi) is 3.42. The minimum Gasteiger partial charge on any atom is -0.469 e. The van der Waals surface area contributed by atoms with Crippen molar-refractivity contribution in [3.05, 3.63) is 29.8 Å². The number of benzene rings is 1. The molecule has 4 atom stereocenters. The third kappa shape index (κ3) is 2.08. The first kappa shape index (κ1) is 13.4. The molecular weight excluding hydrogens is 252 g/mol. The summed E-state index contributed by atoms with van der Waals surface area (Å²) in [5.74, 6) is 0.0554. The molecule has 4 heteroatoms. The molecule has 1 aromatic carbocycles. The predicted octanol–water partition coefficient (Wildman–Crippen LogP) is 2.01. The number of methoxy groups -OCH3 is 1. The average Bonchev–Trinajstić information content (AvgIpc) is 2.69. The van der Waals surface area contributed by atoms with Crippen LogP contribution >= 0.6 is 0 Å². The lowest BCUT2D eigenvalue weighted by Gasteiger charge is -2.41. The van der Waals surface area contributed by atoms with Crippen LogP contribution in [-0.2, 0) is 9.53 Å². The van der Waals surface area contributed by atoms with Gasteiger partial charge in [-0.05, 0) is 44.0 Å². The SMILES string of the molecule is COC(=O)[C@@H]1C2CC[C@H](C[C@@H]1c1cccc(N)c1)N2C. The van der Waals surface area contributed by atoms with Crippen molar-refractivity contribution in [3.63, 3.8) is 0 Å². The number of fused-ring (bicyclic) bond motifs is 2. The number of hydrogen-bond donors (Lipinski definition) is 1. The molecule has 1 aromatic rings. The minimum absolute atomic E-state index is 0.0782. The molecule has 0 amide bonds. The van der Waals surface area contributed by atoms with E-state index in [0.717, 1.165) is 18.5 Å². The fourth-order valence-corrected chi connectivity index (χ4v) is 4.06. The van der Waals surface area contributed by atoms with Crippen LogP contribution in [0.25, 0.3) is 0 Å². The van der Waals surface area contributed by atoms with Crippen molar-refractivity contribution in [2.24, 2.45) is 5.92 Å². The number of ether oxygens (including phenoxy) is 1. The zero-order valence-corrected chi connectivity index (χ0v) is 12.1. The van der Waals surface area contributed by atoms with E-state index in [4.69, 9.17) is 10.5 Å². The van der Waals surface area contributed by atoms with Gasteiger partial charge in [0.25, 0.3) is 0 Å². The molecule has 2 heterocycles. The van der Waals surface area contributed by atoms with Crippen LogP contribution in [0.5, 0.6) is 0 Å². The van der Waals surface area contributed by atoms with Crippen molar-refractivity contribution in [3.8, 4) is 0 Å². The predicted molar refractivity (Wildman–Crippen MR) is 78.3 cm³/mol. The first-order valence-electron chi connectivity index (χ1n) is 7.27. The number of carbonyl (C=O) groups excluding carboxylic acids is 1. The second kappa shape index (κ2) is 5.09. The molecule has 2 aliphatic heterocycles. The first-order chi connectivity index (χ1) is 9.61. The van der Waals surface area contributed by atoms with Gasteiger partial charge in [0, 0.05) is 23.7 Å². The highest BCUT2D eigenvalue weighted by Crippen LogP contribution is 2.46. The van der Waals surface area contributed by atoms with Crippen molar-refractivity contribution in [1.82, 2.24) is 4.90 Å². The molecule has 3 rings (SSSR count). The van der Waals surface area contributed by atoms with E-state index in [-0.39, 0.29) is 17.8 Å². The van der Waals surface area contributed by atoms with Crippen LogP contribution < -0.4 is 5.73 Å². The number of anilines is 1. The first-order valence-corrected chi connectivity index (χ1v) is 7.27. The molecule has 0 aromatic heterocycles. The van der Waals surface area contributed by atoms with Crippen LogP contribution in [0, 0.1) is 5.92 Å². The zero-order chi connectivity index (χ0) is 14.3. The molecule has 0 spiro atoms. The fourth-order valence-electron chi connectivity index (χ4n) is 4.06. The Balaban J connectivity index is 1.97. The Bertz CT molecular complexity index is 517. The van der Waals surface area contributed by atoms with Gasteiger partial charge in [0.05, 0.1) is 13.0 Å². The highest BCUT2D eigenvalue weighted by Gasteiger charge is 2.49.